The first-order valence-corrected chi connectivity index (χ1v) is 11.7. The van der Waals surface area contributed by atoms with Gasteiger partial charge >= 0.3 is 5.97 Å². The van der Waals surface area contributed by atoms with Crippen LogP contribution in [0.5, 0.6) is 11.5 Å². The third-order valence-electron chi connectivity index (χ3n) is 5.89. The lowest BCUT2D eigenvalue weighted by atomic mass is 9.75. The first kappa shape index (κ1) is 24.6. The van der Waals surface area contributed by atoms with Crippen LogP contribution in [0.2, 0.25) is 5.02 Å². The molecular weight excluding hydrogens is 496 g/mol. The number of methoxy groups -OCH3 is 1. The zero-order valence-electron chi connectivity index (χ0n) is 18.4. The topological polar surface area (TPSA) is 65.0 Å². The molecule has 0 saturated carbocycles. The lowest BCUT2D eigenvalue weighted by Gasteiger charge is -2.43. The van der Waals surface area contributed by atoms with Gasteiger partial charge in [0.25, 0.3) is 0 Å². The number of benzene rings is 2. The second-order valence-electron chi connectivity index (χ2n) is 8.06. The van der Waals surface area contributed by atoms with E-state index in [0.717, 1.165) is 28.5 Å². The van der Waals surface area contributed by atoms with Gasteiger partial charge < -0.3 is 19.3 Å². The quantitative estimate of drug-likeness (QED) is 0.386. The Morgan fingerprint density at radius 1 is 1.31 bits per heavy atom. The Hall–Kier alpha value is -2.02. The van der Waals surface area contributed by atoms with Crippen molar-refractivity contribution in [3.63, 3.8) is 0 Å². The number of ether oxygens (including phenoxy) is 3. The largest absolute Gasteiger partial charge is 0.493 e. The molecule has 4 atom stereocenters. The Bertz CT molecular complexity index is 975. The highest BCUT2D eigenvalue weighted by atomic mass is 79.9. The summed E-state index contributed by atoms with van der Waals surface area (Å²) in [5.74, 6) is -0.0322. The van der Waals surface area contributed by atoms with Crippen molar-refractivity contribution in [2.24, 2.45) is 5.92 Å². The molecule has 0 aromatic heterocycles. The molecule has 0 spiro atoms. The zero-order valence-corrected chi connectivity index (χ0v) is 20.8. The lowest BCUT2D eigenvalue weighted by Crippen LogP contribution is -2.36. The second kappa shape index (κ2) is 10.7. The van der Waals surface area contributed by atoms with Crippen LogP contribution in [-0.4, -0.2) is 30.9 Å². The Balaban J connectivity index is 2.05. The highest BCUT2D eigenvalue weighted by Gasteiger charge is 2.40. The van der Waals surface area contributed by atoms with Crippen LogP contribution in [-0.2, 0) is 9.53 Å². The summed E-state index contributed by atoms with van der Waals surface area (Å²) in [6, 6.07) is 11.6. The number of halogens is 2. The van der Waals surface area contributed by atoms with Crippen LogP contribution in [0, 0.1) is 5.92 Å². The molecule has 2 aromatic rings. The standard InChI is InChI=1S/C25H28BrClO5/c1-5-21-19(15-6-8-17(27)9-7-15)12-18(14(2)3)24(32-21)20-10-16(26)11-22(30-4)25(20)31-13-23(28)29/h6-11,18-19,21,24H,2,5,12-13H2,1,3-4H3,(H,28,29)/t18-,19-,21+,24+/m1/s1. The van der Waals surface area contributed by atoms with Gasteiger partial charge in [0.05, 0.1) is 19.3 Å². The zero-order chi connectivity index (χ0) is 23.4. The summed E-state index contributed by atoms with van der Waals surface area (Å²) in [6.45, 7) is 7.87. The number of hydrogen-bond acceptors (Lipinski definition) is 4. The summed E-state index contributed by atoms with van der Waals surface area (Å²) in [6.07, 6.45) is 1.28. The molecule has 7 heteroatoms. The van der Waals surface area contributed by atoms with E-state index in [9.17, 15) is 4.79 Å². The fourth-order valence-corrected chi connectivity index (χ4v) is 4.94. The van der Waals surface area contributed by atoms with E-state index in [2.05, 4.69) is 41.6 Å². The Morgan fingerprint density at radius 3 is 2.56 bits per heavy atom. The van der Waals surface area contributed by atoms with Crippen molar-refractivity contribution >= 4 is 33.5 Å². The van der Waals surface area contributed by atoms with E-state index in [-0.39, 0.29) is 24.0 Å². The van der Waals surface area contributed by atoms with E-state index >= 15 is 0 Å². The molecule has 1 saturated heterocycles. The highest BCUT2D eigenvalue weighted by Crippen LogP contribution is 2.51. The average molecular weight is 524 g/mol. The predicted octanol–water partition coefficient (Wildman–Crippen LogP) is 6.79. The maximum atomic E-state index is 11.2. The minimum absolute atomic E-state index is 0.00432. The Morgan fingerprint density at radius 2 is 2.00 bits per heavy atom. The van der Waals surface area contributed by atoms with Gasteiger partial charge in [0.2, 0.25) is 0 Å². The molecule has 1 aliphatic heterocycles. The van der Waals surface area contributed by atoms with Crippen molar-refractivity contribution < 1.29 is 24.1 Å². The Kier molecular flexibility index (Phi) is 8.26. The molecule has 0 aliphatic carbocycles. The van der Waals surface area contributed by atoms with Gasteiger partial charge in [0.1, 0.15) is 0 Å². The molecule has 3 rings (SSSR count). The van der Waals surface area contributed by atoms with Crippen LogP contribution in [0.15, 0.2) is 53.0 Å². The predicted molar refractivity (Wildman–Crippen MR) is 129 cm³/mol. The maximum absolute atomic E-state index is 11.2. The van der Waals surface area contributed by atoms with E-state index in [1.807, 2.05) is 25.1 Å². The number of hydrogen-bond donors (Lipinski definition) is 1. The molecule has 5 nitrogen and oxygen atoms in total. The molecule has 0 bridgehead atoms. The fraction of sp³-hybridized carbons (Fsp3) is 0.400. The van der Waals surface area contributed by atoms with Crippen LogP contribution in [0.3, 0.4) is 0 Å². The number of carboxylic acid groups (broad SMARTS) is 1. The summed E-state index contributed by atoms with van der Waals surface area (Å²) < 4.78 is 18.7. The fourth-order valence-electron chi connectivity index (χ4n) is 4.36. The molecule has 1 aliphatic rings. The normalized spacial score (nSPS) is 22.9. The second-order valence-corrected chi connectivity index (χ2v) is 9.41. The van der Waals surface area contributed by atoms with Crippen molar-refractivity contribution in [2.45, 2.75) is 44.8 Å². The number of rotatable bonds is 8. The monoisotopic (exact) mass is 522 g/mol. The number of carboxylic acids is 1. The first-order valence-electron chi connectivity index (χ1n) is 10.5. The minimum Gasteiger partial charge on any atom is -0.493 e. The Labute approximate surface area is 202 Å². The molecule has 1 N–H and O–H groups in total. The first-order chi connectivity index (χ1) is 15.2. The van der Waals surface area contributed by atoms with Crippen molar-refractivity contribution in [2.75, 3.05) is 13.7 Å². The van der Waals surface area contributed by atoms with E-state index in [1.54, 1.807) is 6.07 Å². The van der Waals surface area contributed by atoms with Gasteiger partial charge in [0, 0.05) is 26.9 Å². The third-order valence-corrected chi connectivity index (χ3v) is 6.60. The molecule has 0 amide bonds. The van der Waals surface area contributed by atoms with Gasteiger partial charge in [-0.15, -0.1) is 0 Å². The average Bonchev–Trinajstić information content (AvgIpc) is 2.77. The van der Waals surface area contributed by atoms with E-state index in [1.165, 1.54) is 12.7 Å². The molecule has 2 aromatic carbocycles. The van der Waals surface area contributed by atoms with Gasteiger partial charge in [-0.1, -0.05) is 58.7 Å². The summed E-state index contributed by atoms with van der Waals surface area (Å²) in [7, 11) is 1.53. The van der Waals surface area contributed by atoms with Gasteiger partial charge in [0.15, 0.2) is 18.1 Å². The van der Waals surface area contributed by atoms with Crippen molar-refractivity contribution in [3.05, 3.63) is 69.2 Å². The summed E-state index contributed by atoms with van der Waals surface area (Å²) in [4.78, 5) is 11.2. The lowest BCUT2D eigenvalue weighted by molar-refractivity contribution is -0.139. The molecule has 172 valence electrons. The van der Waals surface area contributed by atoms with Crippen molar-refractivity contribution in [1.29, 1.82) is 0 Å². The summed E-state index contributed by atoms with van der Waals surface area (Å²) in [5.41, 5.74) is 2.92. The van der Waals surface area contributed by atoms with E-state index < -0.39 is 12.6 Å². The molecule has 32 heavy (non-hydrogen) atoms. The highest BCUT2D eigenvalue weighted by molar-refractivity contribution is 9.10. The minimum atomic E-state index is -1.06. The molecular formula is C25H28BrClO5. The van der Waals surface area contributed by atoms with Crippen LogP contribution in [0.1, 0.15) is 49.8 Å². The van der Waals surface area contributed by atoms with E-state index in [4.69, 9.17) is 30.9 Å². The molecule has 1 fully saturated rings. The number of aliphatic carboxylic acids is 1. The van der Waals surface area contributed by atoms with Crippen molar-refractivity contribution in [3.8, 4) is 11.5 Å². The van der Waals surface area contributed by atoms with Crippen LogP contribution < -0.4 is 9.47 Å². The van der Waals surface area contributed by atoms with Crippen LogP contribution in [0.25, 0.3) is 0 Å². The van der Waals surface area contributed by atoms with Gasteiger partial charge in [-0.2, -0.15) is 0 Å². The molecule has 0 radical (unpaired) electrons. The van der Waals surface area contributed by atoms with Crippen molar-refractivity contribution in [1.82, 2.24) is 0 Å². The van der Waals surface area contributed by atoms with Crippen LogP contribution in [0.4, 0.5) is 0 Å². The third kappa shape index (κ3) is 5.48. The molecule has 1 heterocycles. The maximum Gasteiger partial charge on any atom is 0.341 e. The van der Waals surface area contributed by atoms with Gasteiger partial charge in [-0.25, -0.2) is 4.79 Å². The van der Waals surface area contributed by atoms with Gasteiger partial charge in [-0.05, 0) is 49.6 Å². The molecule has 0 unspecified atom stereocenters. The summed E-state index contributed by atoms with van der Waals surface area (Å²) in [5, 5.41) is 9.87. The summed E-state index contributed by atoms with van der Waals surface area (Å²) >= 11 is 9.64. The van der Waals surface area contributed by atoms with Crippen LogP contribution >= 0.6 is 27.5 Å². The van der Waals surface area contributed by atoms with Gasteiger partial charge in [-0.3, -0.25) is 0 Å². The smallest absolute Gasteiger partial charge is 0.341 e. The van der Waals surface area contributed by atoms with E-state index in [0.29, 0.717) is 16.5 Å². The number of carbonyl (C=O) groups is 1. The SMILES string of the molecule is C=C(C)[C@H]1C[C@H](c2ccc(Cl)cc2)[C@H](CC)O[C@@H]1c1cc(Br)cc(OC)c1OCC(=O)O.